The SMILES string of the molecule is CC(C)C(NC(=O)NCc1cccc(F)c1Cl)C(=O)O. The molecule has 1 unspecified atom stereocenters. The lowest BCUT2D eigenvalue weighted by molar-refractivity contribution is -0.140. The van der Waals surface area contributed by atoms with Crippen molar-refractivity contribution >= 4 is 23.6 Å². The number of carbonyl (C=O) groups is 2. The van der Waals surface area contributed by atoms with Crippen molar-refractivity contribution in [2.75, 3.05) is 0 Å². The number of aliphatic carboxylic acids is 1. The third-order valence-electron chi connectivity index (χ3n) is 2.69. The standard InChI is InChI=1S/C13H16ClFN2O3/c1-7(2)11(12(18)19)17-13(20)16-6-8-4-3-5-9(15)10(8)14/h3-5,7,11H,6H2,1-2H3,(H,18,19)(H2,16,17,20). The number of hydrogen-bond acceptors (Lipinski definition) is 2. The fourth-order valence-electron chi connectivity index (χ4n) is 1.57. The van der Waals surface area contributed by atoms with Gasteiger partial charge in [0.05, 0.1) is 5.02 Å². The molecule has 1 aromatic rings. The van der Waals surface area contributed by atoms with E-state index in [1.54, 1.807) is 19.9 Å². The minimum absolute atomic E-state index is 0.00681. The molecule has 20 heavy (non-hydrogen) atoms. The molecule has 0 saturated heterocycles. The quantitative estimate of drug-likeness (QED) is 0.781. The van der Waals surface area contributed by atoms with Crippen LogP contribution in [0.15, 0.2) is 18.2 Å². The van der Waals surface area contributed by atoms with Crippen LogP contribution in [0.5, 0.6) is 0 Å². The normalized spacial score (nSPS) is 12.1. The summed E-state index contributed by atoms with van der Waals surface area (Å²) < 4.78 is 13.2. The summed E-state index contributed by atoms with van der Waals surface area (Å²) in [7, 11) is 0. The van der Waals surface area contributed by atoms with Gasteiger partial charge in [-0.3, -0.25) is 0 Å². The van der Waals surface area contributed by atoms with E-state index >= 15 is 0 Å². The Morgan fingerprint density at radius 2 is 2.05 bits per heavy atom. The first-order chi connectivity index (χ1) is 9.32. The van der Waals surface area contributed by atoms with Crippen LogP contribution in [-0.4, -0.2) is 23.1 Å². The molecule has 0 fully saturated rings. The van der Waals surface area contributed by atoms with Gasteiger partial charge in [0.25, 0.3) is 0 Å². The van der Waals surface area contributed by atoms with Crippen molar-refractivity contribution in [1.82, 2.24) is 10.6 Å². The minimum atomic E-state index is -1.11. The van der Waals surface area contributed by atoms with Gasteiger partial charge in [-0.05, 0) is 17.5 Å². The summed E-state index contributed by atoms with van der Waals surface area (Å²) in [4.78, 5) is 22.5. The number of rotatable bonds is 5. The summed E-state index contributed by atoms with van der Waals surface area (Å²) in [6.07, 6.45) is 0. The van der Waals surface area contributed by atoms with Gasteiger partial charge in [-0.25, -0.2) is 14.0 Å². The molecule has 1 atom stereocenters. The summed E-state index contributed by atoms with van der Waals surface area (Å²) in [6.45, 7) is 3.37. The van der Waals surface area contributed by atoms with Crippen molar-refractivity contribution in [3.63, 3.8) is 0 Å². The van der Waals surface area contributed by atoms with Gasteiger partial charge in [0.1, 0.15) is 11.9 Å². The molecule has 2 amide bonds. The Labute approximate surface area is 121 Å². The molecule has 5 nitrogen and oxygen atoms in total. The Balaban J connectivity index is 2.59. The Hall–Kier alpha value is -1.82. The molecule has 0 aromatic heterocycles. The van der Waals surface area contributed by atoms with Gasteiger partial charge in [-0.1, -0.05) is 37.6 Å². The molecule has 110 valence electrons. The second kappa shape index (κ2) is 7.09. The van der Waals surface area contributed by atoms with E-state index in [1.165, 1.54) is 12.1 Å². The highest BCUT2D eigenvalue weighted by Gasteiger charge is 2.23. The molecule has 0 heterocycles. The van der Waals surface area contributed by atoms with Crippen LogP contribution in [0.25, 0.3) is 0 Å². The zero-order chi connectivity index (χ0) is 15.3. The number of urea groups is 1. The van der Waals surface area contributed by atoms with E-state index in [4.69, 9.17) is 16.7 Å². The molecule has 0 saturated carbocycles. The van der Waals surface area contributed by atoms with Crippen LogP contribution in [0.2, 0.25) is 5.02 Å². The van der Waals surface area contributed by atoms with Crippen LogP contribution in [0.3, 0.4) is 0 Å². The highest BCUT2D eigenvalue weighted by Crippen LogP contribution is 2.19. The maximum atomic E-state index is 13.2. The van der Waals surface area contributed by atoms with Crippen LogP contribution in [0.4, 0.5) is 9.18 Å². The Kier molecular flexibility index (Phi) is 5.76. The second-order valence-corrected chi connectivity index (χ2v) is 4.98. The van der Waals surface area contributed by atoms with Crippen molar-refractivity contribution in [3.05, 3.63) is 34.6 Å². The third-order valence-corrected chi connectivity index (χ3v) is 3.11. The van der Waals surface area contributed by atoms with Crippen LogP contribution in [-0.2, 0) is 11.3 Å². The van der Waals surface area contributed by atoms with E-state index in [9.17, 15) is 14.0 Å². The van der Waals surface area contributed by atoms with E-state index in [0.29, 0.717) is 5.56 Å². The number of carboxylic acid groups (broad SMARTS) is 1. The fourth-order valence-corrected chi connectivity index (χ4v) is 1.76. The topological polar surface area (TPSA) is 78.4 Å². The highest BCUT2D eigenvalue weighted by atomic mass is 35.5. The summed E-state index contributed by atoms with van der Waals surface area (Å²) in [6, 6.07) is 2.63. The molecule has 0 aliphatic heterocycles. The van der Waals surface area contributed by atoms with Crippen LogP contribution in [0.1, 0.15) is 19.4 Å². The van der Waals surface area contributed by atoms with Crippen molar-refractivity contribution in [2.45, 2.75) is 26.4 Å². The van der Waals surface area contributed by atoms with Crippen molar-refractivity contribution in [2.24, 2.45) is 5.92 Å². The number of nitrogens with one attached hydrogen (secondary N) is 2. The summed E-state index contributed by atoms with van der Waals surface area (Å²) in [5, 5.41) is 13.7. The Morgan fingerprint density at radius 3 is 2.60 bits per heavy atom. The molecule has 1 rings (SSSR count). The Bertz CT molecular complexity index is 508. The lowest BCUT2D eigenvalue weighted by atomic mass is 10.1. The maximum Gasteiger partial charge on any atom is 0.326 e. The van der Waals surface area contributed by atoms with Crippen LogP contribution >= 0.6 is 11.6 Å². The predicted molar refractivity (Wildman–Crippen MR) is 73.0 cm³/mol. The number of halogens is 2. The highest BCUT2D eigenvalue weighted by molar-refractivity contribution is 6.31. The third kappa shape index (κ3) is 4.38. The predicted octanol–water partition coefficient (Wildman–Crippen LogP) is 2.39. The van der Waals surface area contributed by atoms with Gasteiger partial charge >= 0.3 is 12.0 Å². The number of amides is 2. The summed E-state index contributed by atoms with van der Waals surface area (Å²) >= 11 is 5.74. The number of carboxylic acids is 1. The molecule has 7 heteroatoms. The first-order valence-corrected chi connectivity index (χ1v) is 6.40. The van der Waals surface area contributed by atoms with Crippen molar-refractivity contribution in [3.8, 4) is 0 Å². The molecular weight excluding hydrogens is 287 g/mol. The molecule has 0 aliphatic carbocycles. The second-order valence-electron chi connectivity index (χ2n) is 4.60. The fraction of sp³-hybridized carbons (Fsp3) is 0.385. The molecular formula is C13H16ClFN2O3. The zero-order valence-electron chi connectivity index (χ0n) is 11.1. The van der Waals surface area contributed by atoms with E-state index in [1.807, 2.05) is 0 Å². The largest absolute Gasteiger partial charge is 0.480 e. The molecule has 1 aromatic carbocycles. The van der Waals surface area contributed by atoms with Crippen molar-refractivity contribution < 1.29 is 19.1 Å². The van der Waals surface area contributed by atoms with E-state index in [0.717, 1.165) is 0 Å². The zero-order valence-corrected chi connectivity index (χ0v) is 11.9. The van der Waals surface area contributed by atoms with Crippen LogP contribution < -0.4 is 10.6 Å². The van der Waals surface area contributed by atoms with Crippen LogP contribution in [0, 0.1) is 11.7 Å². The maximum absolute atomic E-state index is 13.2. The smallest absolute Gasteiger partial charge is 0.326 e. The monoisotopic (exact) mass is 302 g/mol. The van der Waals surface area contributed by atoms with Gasteiger partial charge in [0, 0.05) is 6.54 Å². The molecule has 0 radical (unpaired) electrons. The van der Waals surface area contributed by atoms with Gasteiger partial charge in [-0.2, -0.15) is 0 Å². The van der Waals surface area contributed by atoms with Crippen molar-refractivity contribution in [1.29, 1.82) is 0 Å². The summed E-state index contributed by atoms with van der Waals surface area (Å²) in [5.41, 5.74) is 0.415. The number of hydrogen-bond donors (Lipinski definition) is 3. The number of benzene rings is 1. The molecule has 0 spiro atoms. The van der Waals surface area contributed by atoms with Gasteiger partial charge in [-0.15, -0.1) is 0 Å². The van der Waals surface area contributed by atoms with Gasteiger partial charge < -0.3 is 15.7 Å². The minimum Gasteiger partial charge on any atom is -0.480 e. The first-order valence-electron chi connectivity index (χ1n) is 6.03. The average Bonchev–Trinajstić information content (AvgIpc) is 2.37. The average molecular weight is 303 g/mol. The molecule has 3 N–H and O–H groups in total. The lowest BCUT2D eigenvalue weighted by Gasteiger charge is -2.18. The summed E-state index contributed by atoms with van der Waals surface area (Å²) in [5.74, 6) is -1.94. The molecule has 0 bridgehead atoms. The molecule has 0 aliphatic rings. The number of carbonyl (C=O) groups excluding carboxylic acids is 1. The van der Waals surface area contributed by atoms with E-state index in [-0.39, 0.29) is 17.5 Å². The first kappa shape index (κ1) is 16.2. The van der Waals surface area contributed by atoms with E-state index in [2.05, 4.69) is 10.6 Å². The van der Waals surface area contributed by atoms with Gasteiger partial charge in [0.2, 0.25) is 0 Å². The van der Waals surface area contributed by atoms with E-state index < -0.39 is 23.9 Å². The lowest BCUT2D eigenvalue weighted by Crippen LogP contribution is -2.48. The Morgan fingerprint density at radius 1 is 1.40 bits per heavy atom. The van der Waals surface area contributed by atoms with Gasteiger partial charge in [0.15, 0.2) is 0 Å².